The third-order valence-electron chi connectivity index (χ3n) is 2.56. The van der Waals surface area contributed by atoms with Crippen LogP contribution in [0.5, 0.6) is 0 Å². The molecule has 0 aliphatic heterocycles. The molecule has 0 aliphatic carbocycles. The highest BCUT2D eigenvalue weighted by Gasteiger charge is 2.07. The van der Waals surface area contributed by atoms with Crippen molar-refractivity contribution in [3.63, 3.8) is 0 Å². The first-order valence-corrected chi connectivity index (χ1v) is 5.77. The first-order chi connectivity index (χ1) is 8.84. The lowest BCUT2D eigenvalue weighted by Crippen LogP contribution is -2.02. The highest BCUT2D eigenvalue weighted by molar-refractivity contribution is 6.34. The molecule has 2 aromatic heterocycles. The van der Waals surface area contributed by atoms with Crippen LogP contribution in [0.3, 0.4) is 0 Å². The molecule has 0 aliphatic rings. The second-order valence-corrected chi connectivity index (χ2v) is 4.08. The molecule has 0 bridgehead atoms. The minimum Gasteiger partial charge on any atom is -0.361 e. The van der Waals surface area contributed by atoms with E-state index >= 15 is 0 Å². The van der Waals surface area contributed by atoms with Crippen LogP contribution in [-0.4, -0.2) is 15.4 Å². The van der Waals surface area contributed by atoms with Crippen molar-refractivity contribution < 1.29 is 4.52 Å². The Morgan fingerprint density at radius 2 is 1.94 bits per heavy atom. The van der Waals surface area contributed by atoms with Crippen LogP contribution < -0.4 is 5.32 Å². The van der Waals surface area contributed by atoms with Gasteiger partial charge in [-0.05, 0) is 0 Å². The van der Waals surface area contributed by atoms with Gasteiger partial charge >= 0.3 is 0 Å². The van der Waals surface area contributed by atoms with Gasteiger partial charge in [0.2, 0.25) is 0 Å². The van der Waals surface area contributed by atoms with Gasteiger partial charge in [0.15, 0.2) is 16.7 Å². The van der Waals surface area contributed by atoms with Crippen LogP contribution in [0, 0.1) is 0 Å². The predicted octanol–water partition coefficient (Wildman–Crippen LogP) is 2.88. The van der Waals surface area contributed by atoms with Crippen LogP contribution in [0.15, 0.2) is 41.1 Å². The van der Waals surface area contributed by atoms with E-state index in [-0.39, 0.29) is 0 Å². The van der Waals surface area contributed by atoms with Crippen LogP contribution in [0.1, 0.15) is 5.76 Å². The van der Waals surface area contributed by atoms with Crippen LogP contribution in [0.2, 0.25) is 5.15 Å². The normalized spacial score (nSPS) is 10.7. The molecule has 2 heterocycles. The molecule has 0 saturated carbocycles. The summed E-state index contributed by atoms with van der Waals surface area (Å²) in [5, 5.41) is 17.0. The fourth-order valence-electron chi connectivity index (χ4n) is 1.71. The van der Waals surface area contributed by atoms with Crippen LogP contribution in [0.4, 0.5) is 5.82 Å². The summed E-state index contributed by atoms with van der Waals surface area (Å²) in [6, 6.07) is 9.49. The molecule has 90 valence electrons. The number of hydrogen-bond acceptors (Lipinski definition) is 5. The molecular formula is C12H9ClN4O. The van der Waals surface area contributed by atoms with Gasteiger partial charge in [-0.2, -0.15) is 0 Å². The second kappa shape index (κ2) is 4.62. The maximum absolute atomic E-state index is 6.00. The molecule has 0 spiro atoms. The highest BCUT2D eigenvalue weighted by Crippen LogP contribution is 2.25. The van der Waals surface area contributed by atoms with Crippen molar-refractivity contribution in [2.45, 2.75) is 6.54 Å². The van der Waals surface area contributed by atoms with Gasteiger partial charge in [0.1, 0.15) is 0 Å². The number of rotatable bonds is 3. The van der Waals surface area contributed by atoms with E-state index in [2.05, 4.69) is 20.7 Å². The summed E-state index contributed by atoms with van der Waals surface area (Å²) in [7, 11) is 0. The number of anilines is 1. The molecule has 0 atom stereocenters. The molecule has 0 radical (unpaired) electrons. The highest BCUT2D eigenvalue weighted by atomic mass is 35.5. The van der Waals surface area contributed by atoms with E-state index < -0.39 is 0 Å². The van der Waals surface area contributed by atoms with Gasteiger partial charge in [0.25, 0.3) is 0 Å². The number of nitrogens with zero attached hydrogens (tertiary/aromatic N) is 3. The zero-order chi connectivity index (χ0) is 12.4. The number of halogens is 1. The molecule has 5 nitrogen and oxygen atoms in total. The summed E-state index contributed by atoms with van der Waals surface area (Å²) in [4.78, 5) is 0. The Labute approximate surface area is 108 Å². The van der Waals surface area contributed by atoms with E-state index in [1.54, 1.807) is 12.3 Å². The van der Waals surface area contributed by atoms with Crippen molar-refractivity contribution >= 4 is 28.2 Å². The van der Waals surface area contributed by atoms with Gasteiger partial charge in [-0.3, -0.25) is 0 Å². The number of benzene rings is 1. The number of hydrogen-bond donors (Lipinski definition) is 1. The molecule has 6 heteroatoms. The Bertz CT molecular complexity index is 669. The number of nitrogens with one attached hydrogen (secondary N) is 1. The zero-order valence-corrected chi connectivity index (χ0v) is 10.1. The SMILES string of the molecule is Clc1nnc(NCc2ccno2)c2ccccc12. The Kier molecular flexibility index (Phi) is 2.82. The van der Waals surface area contributed by atoms with E-state index in [0.29, 0.717) is 17.5 Å². The lowest BCUT2D eigenvalue weighted by molar-refractivity contribution is 0.388. The van der Waals surface area contributed by atoms with Gasteiger partial charge in [-0.15, -0.1) is 10.2 Å². The van der Waals surface area contributed by atoms with Crippen molar-refractivity contribution in [3.8, 4) is 0 Å². The Balaban J connectivity index is 1.94. The largest absolute Gasteiger partial charge is 0.361 e. The maximum Gasteiger partial charge on any atom is 0.159 e. The quantitative estimate of drug-likeness (QED) is 0.784. The zero-order valence-electron chi connectivity index (χ0n) is 9.30. The Hall–Kier alpha value is -2.14. The van der Waals surface area contributed by atoms with E-state index in [1.807, 2.05) is 24.3 Å². The van der Waals surface area contributed by atoms with E-state index in [0.717, 1.165) is 16.5 Å². The average Bonchev–Trinajstić information content (AvgIpc) is 2.92. The first kappa shape index (κ1) is 11.0. The van der Waals surface area contributed by atoms with Gasteiger partial charge in [0.05, 0.1) is 12.7 Å². The lowest BCUT2D eigenvalue weighted by atomic mass is 10.2. The number of fused-ring (bicyclic) bond motifs is 1. The average molecular weight is 261 g/mol. The summed E-state index contributed by atoms with van der Waals surface area (Å²) < 4.78 is 5.00. The van der Waals surface area contributed by atoms with Crippen LogP contribution in [-0.2, 0) is 6.54 Å². The second-order valence-electron chi connectivity index (χ2n) is 3.72. The summed E-state index contributed by atoms with van der Waals surface area (Å²) in [5.41, 5.74) is 0. The van der Waals surface area contributed by atoms with Gasteiger partial charge in [-0.1, -0.05) is 41.0 Å². The summed E-state index contributed by atoms with van der Waals surface area (Å²) in [6.45, 7) is 0.500. The molecule has 3 rings (SSSR count). The Morgan fingerprint density at radius 3 is 2.72 bits per heavy atom. The van der Waals surface area contributed by atoms with Crippen molar-refractivity contribution in [2.75, 3.05) is 5.32 Å². The van der Waals surface area contributed by atoms with Crippen molar-refractivity contribution in [1.82, 2.24) is 15.4 Å². The van der Waals surface area contributed by atoms with Crippen LogP contribution in [0.25, 0.3) is 10.8 Å². The van der Waals surface area contributed by atoms with Gasteiger partial charge < -0.3 is 9.84 Å². The topological polar surface area (TPSA) is 63.8 Å². The fraction of sp³-hybridized carbons (Fsp3) is 0.0833. The Morgan fingerprint density at radius 1 is 1.11 bits per heavy atom. The molecule has 1 N–H and O–H groups in total. The molecular weight excluding hydrogens is 252 g/mol. The summed E-state index contributed by atoms with van der Waals surface area (Å²) in [6.07, 6.45) is 1.60. The lowest BCUT2D eigenvalue weighted by Gasteiger charge is -2.06. The van der Waals surface area contributed by atoms with E-state index in [9.17, 15) is 0 Å². The smallest absolute Gasteiger partial charge is 0.159 e. The van der Waals surface area contributed by atoms with E-state index in [1.165, 1.54) is 0 Å². The van der Waals surface area contributed by atoms with Crippen molar-refractivity contribution in [2.24, 2.45) is 0 Å². The van der Waals surface area contributed by atoms with Crippen molar-refractivity contribution in [3.05, 3.63) is 47.4 Å². The third kappa shape index (κ3) is 2.00. The summed E-state index contributed by atoms with van der Waals surface area (Å²) in [5.74, 6) is 1.40. The van der Waals surface area contributed by atoms with E-state index in [4.69, 9.17) is 16.1 Å². The van der Waals surface area contributed by atoms with Crippen molar-refractivity contribution in [1.29, 1.82) is 0 Å². The fourth-order valence-corrected chi connectivity index (χ4v) is 1.91. The minimum atomic E-state index is 0.399. The molecule has 3 aromatic rings. The first-order valence-electron chi connectivity index (χ1n) is 5.39. The standard InChI is InChI=1S/C12H9ClN4O/c13-11-9-3-1-2-4-10(9)12(17-16-11)14-7-8-5-6-15-18-8/h1-6H,7H2,(H,14,17). The molecule has 0 unspecified atom stereocenters. The third-order valence-corrected chi connectivity index (χ3v) is 2.84. The molecule has 0 fully saturated rings. The molecule has 1 aromatic carbocycles. The van der Waals surface area contributed by atoms with Crippen LogP contribution >= 0.6 is 11.6 Å². The summed E-state index contributed by atoms with van der Waals surface area (Å²) >= 11 is 6.00. The molecule has 18 heavy (non-hydrogen) atoms. The number of aromatic nitrogens is 3. The van der Waals surface area contributed by atoms with Gasteiger partial charge in [-0.25, -0.2) is 0 Å². The molecule has 0 amide bonds. The molecule has 0 saturated heterocycles. The predicted molar refractivity (Wildman–Crippen MR) is 68.4 cm³/mol. The maximum atomic E-state index is 6.00. The monoisotopic (exact) mass is 260 g/mol. The minimum absolute atomic E-state index is 0.399. The van der Waals surface area contributed by atoms with Gasteiger partial charge in [0, 0.05) is 16.8 Å².